The van der Waals surface area contributed by atoms with Gasteiger partial charge < -0.3 is 4.74 Å². The van der Waals surface area contributed by atoms with Gasteiger partial charge in [-0.05, 0) is 31.6 Å². The normalized spacial score (nSPS) is 21.6. The highest BCUT2D eigenvalue weighted by molar-refractivity contribution is 8.00. The van der Waals surface area contributed by atoms with Gasteiger partial charge in [0.2, 0.25) is 0 Å². The number of hydrogen-bond acceptors (Lipinski definition) is 4. The van der Waals surface area contributed by atoms with Crippen LogP contribution >= 0.6 is 11.8 Å². The van der Waals surface area contributed by atoms with E-state index in [1.807, 2.05) is 17.8 Å². The van der Waals surface area contributed by atoms with Crippen LogP contribution in [0.15, 0.2) is 18.2 Å². The molecule has 0 bridgehead atoms. The van der Waals surface area contributed by atoms with Gasteiger partial charge in [-0.15, -0.1) is 0 Å². The second-order valence-corrected chi connectivity index (χ2v) is 6.14. The minimum Gasteiger partial charge on any atom is -0.496 e. The van der Waals surface area contributed by atoms with Crippen molar-refractivity contribution in [3.05, 3.63) is 29.3 Å². The first kappa shape index (κ1) is 13.7. The zero-order valence-corrected chi connectivity index (χ0v) is 11.9. The van der Waals surface area contributed by atoms with Gasteiger partial charge in [-0.3, -0.25) is 11.3 Å². The number of hydrazine groups is 1. The van der Waals surface area contributed by atoms with Crippen molar-refractivity contribution in [3.63, 3.8) is 0 Å². The summed E-state index contributed by atoms with van der Waals surface area (Å²) in [6.45, 7) is 2.10. The van der Waals surface area contributed by atoms with Gasteiger partial charge in [0.05, 0.1) is 13.2 Å². The van der Waals surface area contributed by atoms with E-state index in [0.29, 0.717) is 5.25 Å². The van der Waals surface area contributed by atoms with Gasteiger partial charge in [0.1, 0.15) is 5.75 Å². The third-order valence-corrected chi connectivity index (χ3v) is 4.95. The Hall–Kier alpha value is -0.710. The average Bonchev–Trinajstić information content (AvgIpc) is 2.41. The van der Waals surface area contributed by atoms with Crippen LogP contribution in [-0.4, -0.2) is 18.1 Å². The van der Waals surface area contributed by atoms with Crippen LogP contribution in [0.2, 0.25) is 0 Å². The van der Waals surface area contributed by atoms with Crippen molar-refractivity contribution < 1.29 is 4.74 Å². The number of hydrogen-bond donors (Lipinski definition) is 2. The Labute approximate surface area is 113 Å². The summed E-state index contributed by atoms with van der Waals surface area (Å²) < 4.78 is 5.47. The Balaban J connectivity index is 2.27. The largest absolute Gasteiger partial charge is 0.496 e. The molecular weight excluding hydrogens is 244 g/mol. The van der Waals surface area contributed by atoms with Gasteiger partial charge >= 0.3 is 0 Å². The van der Waals surface area contributed by atoms with Crippen molar-refractivity contribution in [2.75, 3.05) is 12.9 Å². The van der Waals surface area contributed by atoms with E-state index in [-0.39, 0.29) is 6.04 Å². The predicted molar refractivity (Wildman–Crippen MR) is 77.9 cm³/mol. The molecule has 1 aromatic carbocycles. The second-order valence-electron chi connectivity index (χ2n) is 4.79. The summed E-state index contributed by atoms with van der Waals surface area (Å²) in [5, 5.41) is 0.541. The fourth-order valence-electron chi connectivity index (χ4n) is 2.52. The summed E-state index contributed by atoms with van der Waals surface area (Å²) in [4.78, 5) is 0. The molecule has 100 valence electrons. The first-order valence-electron chi connectivity index (χ1n) is 6.48. The molecule has 2 atom stereocenters. The summed E-state index contributed by atoms with van der Waals surface area (Å²) in [5.41, 5.74) is 5.41. The maximum absolute atomic E-state index is 5.79. The second kappa shape index (κ2) is 6.45. The Morgan fingerprint density at radius 2 is 2.28 bits per heavy atom. The minimum atomic E-state index is 0.171. The molecule has 3 N–H and O–H groups in total. The number of nitrogens with one attached hydrogen (secondary N) is 1. The van der Waals surface area contributed by atoms with Gasteiger partial charge in [-0.1, -0.05) is 24.1 Å². The van der Waals surface area contributed by atoms with Gasteiger partial charge in [-0.2, -0.15) is 11.8 Å². The summed E-state index contributed by atoms with van der Waals surface area (Å²) in [7, 11) is 1.72. The molecule has 3 nitrogen and oxygen atoms in total. The quantitative estimate of drug-likeness (QED) is 0.650. The van der Waals surface area contributed by atoms with Crippen LogP contribution in [0.5, 0.6) is 5.75 Å². The van der Waals surface area contributed by atoms with Crippen molar-refractivity contribution in [1.29, 1.82) is 0 Å². The molecule has 1 saturated heterocycles. The van der Waals surface area contributed by atoms with Gasteiger partial charge in [-0.25, -0.2) is 0 Å². The van der Waals surface area contributed by atoms with Gasteiger partial charge in [0, 0.05) is 10.8 Å². The summed E-state index contributed by atoms with van der Waals surface area (Å²) in [6.07, 6.45) is 3.84. The summed E-state index contributed by atoms with van der Waals surface area (Å²) in [6, 6.07) is 6.45. The molecule has 0 spiro atoms. The maximum Gasteiger partial charge on any atom is 0.123 e. The van der Waals surface area contributed by atoms with Crippen LogP contribution in [0, 0.1) is 6.92 Å². The molecule has 1 aromatic rings. The topological polar surface area (TPSA) is 47.3 Å². The fourth-order valence-corrected chi connectivity index (χ4v) is 3.95. The van der Waals surface area contributed by atoms with Crippen molar-refractivity contribution in [2.24, 2.45) is 5.84 Å². The third kappa shape index (κ3) is 2.99. The lowest BCUT2D eigenvalue weighted by Gasteiger charge is -2.30. The lowest BCUT2D eigenvalue weighted by Crippen LogP contribution is -2.36. The van der Waals surface area contributed by atoms with Gasteiger partial charge in [0.15, 0.2) is 0 Å². The first-order chi connectivity index (χ1) is 8.76. The standard InChI is InChI=1S/C14H22N2OS/c1-10-6-7-12(17-2)11(9-10)14(16-15)13-5-3-4-8-18-13/h6-7,9,13-14,16H,3-5,8,15H2,1-2H3. The molecule has 0 radical (unpaired) electrons. The summed E-state index contributed by atoms with van der Waals surface area (Å²) in [5.74, 6) is 7.95. The molecule has 0 aromatic heterocycles. The van der Waals surface area contributed by atoms with E-state index in [1.165, 1.54) is 36.1 Å². The molecule has 0 saturated carbocycles. The van der Waals surface area contributed by atoms with Crippen molar-refractivity contribution in [3.8, 4) is 5.75 Å². The molecule has 1 heterocycles. The van der Waals surface area contributed by atoms with E-state index >= 15 is 0 Å². The highest BCUT2D eigenvalue weighted by atomic mass is 32.2. The molecule has 4 heteroatoms. The molecular formula is C14H22N2OS. The minimum absolute atomic E-state index is 0.171. The Morgan fingerprint density at radius 3 is 2.89 bits per heavy atom. The van der Waals surface area contributed by atoms with E-state index in [2.05, 4.69) is 24.5 Å². The van der Waals surface area contributed by atoms with E-state index in [4.69, 9.17) is 10.6 Å². The predicted octanol–water partition coefficient (Wildman–Crippen LogP) is 2.79. The van der Waals surface area contributed by atoms with Crippen LogP contribution in [-0.2, 0) is 0 Å². The van der Waals surface area contributed by atoms with Crippen molar-refractivity contribution >= 4 is 11.8 Å². The Morgan fingerprint density at radius 1 is 1.44 bits per heavy atom. The molecule has 1 aliphatic rings. The lowest BCUT2D eigenvalue weighted by atomic mass is 9.97. The third-order valence-electron chi connectivity index (χ3n) is 3.49. The molecule has 2 rings (SSSR count). The first-order valence-corrected chi connectivity index (χ1v) is 7.53. The van der Waals surface area contributed by atoms with Crippen molar-refractivity contribution in [1.82, 2.24) is 5.43 Å². The highest BCUT2D eigenvalue weighted by Gasteiger charge is 2.27. The lowest BCUT2D eigenvalue weighted by molar-refractivity contribution is 0.394. The monoisotopic (exact) mass is 266 g/mol. The molecule has 0 aliphatic carbocycles. The van der Waals surface area contributed by atoms with E-state index in [1.54, 1.807) is 7.11 Å². The zero-order chi connectivity index (χ0) is 13.0. The number of ether oxygens (including phenoxy) is 1. The smallest absolute Gasteiger partial charge is 0.123 e. The van der Waals surface area contributed by atoms with Crippen LogP contribution in [0.3, 0.4) is 0 Å². The van der Waals surface area contributed by atoms with Gasteiger partial charge in [0.25, 0.3) is 0 Å². The van der Waals surface area contributed by atoms with Crippen LogP contribution < -0.4 is 16.0 Å². The Kier molecular flexibility index (Phi) is 4.92. The van der Waals surface area contributed by atoms with Crippen molar-refractivity contribution in [2.45, 2.75) is 37.5 Å². The van der Waals surface area contributed by atoms with Crippen LogP contribution in [0.4, 0.5) is 0 Å². The SMILES string of the molecule is COc1ccc(C)cc1C(NN)C1CCCCS1. The summed E-state index contributed by atoms with van der Waals surface area (Å²) >= 11 is 2.02. The molecule has 1 fully saturated rings. The number of aryl methyl sites for hydroxylation is 1. The van der Waals surface area contributed by atoms with E-state index < -0.39 is 0 Å². The number of benzene rings is 1. The molecule has 0 amide bonds. The number of rotatable bonds is 4. The maximum atomic E-state index is 5.79. The van der Waals surface area contributed by atoms with E-state index in [0.717, 1.165) is 5.75 Å². The van der Waals surface area contributed by atoms with E-state index in [9.17, 15) is 0 Å². The zero-order valence-electron chi connectivity index (χ0n) is 11.1. The number of nitrogens with two attached hydrogens (primary N) is 1. The average molecular weight is 266 g/mol. The molecule has 18 heavy (non-hydrogen) atoms. The molecule has 1 aliphatic heterocycles. The molecule has 2 unspecified atom stereocenters. The highest BCUT2D eigenvalue weighted by Crippen LogP contribution is 2.37. The van der Waals surface area contributed by atoms with Crippen LogP contribution in [0.1, 0.15) is 36.4 Å². The number of methoxy groups -OCH3 is 1. The number of thioether (sulfide) groups is 1. The Bertz CT molecular complexity index is 391. The fraction of sp³-hybridized carbons (Fsp3) is 0.571. The van der Waals surface area contributed by atoms with Crippen LogP contribution in [0.25, 0.3) is 0 Å².